The van der Waals surface area contributed by atoms with Gasteiger partial charge in [0.05, 0.1) is 12.6 Å². The number of likely N-dealkylation sites (N-methyl/N-ethyl adjacent to an activating group) is 1. The van der Waals surface area contributed by atoms with Gasteiger partial charge in [0, 0.05) is 18.8 Å². The minimum absolute atomic E-state index is 0.412. The largest absolute Gasteiger partial charge is 0.332 e. The molecule has 1 aliphatic carbocycles. The molecule has 16 heavy (non-hydrogen) atoms. The highest BCUT2D eigenvalue weighted by molar-refractivity contribution is 5.15. The zero-order valence-corrected chi connectivity index (χ0v) is 9.90. The van der Waals surface area contributed by atoms with Crippen molar-refractivity contribution in [1.29, 1.82) is 5.26 Å². The fourth-order valence-electron chi connectivity index (χ4n) is 2.24. The standard InChI is InChI=1S/C12H18N4/c1-3-11-15-6-7-16(11)9-12(8-13,14-2)10-4-5-10/h6-7,10,14H,3-5,9H2,1-2H3. The second kappa shape index (κ2) is 4.26. The molecule has 0 aromatic carbocycles. The lowest BCUT2D eigenvalue weighted by Crippen LogP contribution is -2.47. The lowest BCUT2D eigenvalue weighted by molar-refractivity contribution is 0.336. The number of nitrogens with zero attached hydrogens (tertiary/aromatic N) is 3. The second-order valence-corrected chi connectivity index (χ2v) is 4.43. The summed E-state index contributed by atoms with van der Waals surface area (Å²) >= 11 is 0. The number of hydrogen-bond donors (Lipinski definition) is 1. The van der Waals surface area contributed by atoms with Crippen molar-refractivity contribution in [3.8, 4) is 6.07 Å². The van der Waals surface area contributed by atoms with Crippen LogP contribution in [0, 0.1) is 17.2 Å². The van der Waals surface area contributed by atoms with E-state index in [0.717, 1.165) is 25.1 Å². The van der Waals surface area contributed by atoms with E-state index in [0.29, 0.717) is 12.5 Å². The van der Waals surface area contributed by atoms with E-state index in [1.165, 1.54) is 0 Å². The molecule has 2 rings (SSSR count). The molecular formula is C12H18N4. The first-order valence-corrected chi connectivity index (χ1v) is 5.86. The number of aryl methyl sites for hydroxylation is 1. The Balaban J connectivity index is 2.21. The van der Waals surface area contributed by atoms with E-state index in [4.69, 9.17) is 0 Å². The van der Waals surface area contributed by atoms with Gasteiger partial charge in [0.1, 0.15) is 11.4 Å². The van der Waals surface area contributed by atoms with Gasteiger partial charge in [-0.2, -0.15) is 5.26 Å². The number of rotatable bonds is 5. The smallest absolute Gasteiger partial charge is 0.127 e. The summed E-state index contributed by atoms with van der Waals surface area (Å²) in [6.07, 6.45) is 6.99. The monoisotopic (exact) mass is 218 g/mol. The van der Waals surface area contributed by atoms with Crippen LogP contribution in [-0.2, 0) is 13.0 Å². The number of nitriles is 1. The quantitative estimate of drug-likeness (QED) is 0.811. The molecular weight excluding hydrogens is 200 g/mol. The van der Waals surface area contributed by atoms with E-state index in [1.54, 1.807) is 0 Å². The fraction of sp³-hybridized carbons (Fsp3) is 0.667. The first-order chi connectivity index (χ1) is 7.75. The van der Waals surface area contributed by atoms with Crippen LogP contribution < -0.4 is 5.32 Å². The maximum absolute atomic E-state index is 9.40. The average molecular weight is 218 g/mol. The summed E-state index contributed by atoms with van der Waals surface area (Å²) in [5.74, 6) is 1.55. The maximum atomic E-state index is 9.40. The summed E-state index contributed by atoms with van der Waals surface area (Å²) < 4.78 is 2.10. The van der Waals surface area contributed by atoms with Crippen LogP contribution in [0.5, 0.6) is 0 Å². The van der Waals surface area contributed by atoms with Crippen LogP contribution >= 0.6 is 0 Å². The van der Waals surface area contributed by atoms with E-state index in [2.05, 4.69) is 27.9 Å². The van der Waals surface area contributed by atoms with Crippen LogP contribution in [-0.4, -0.2) is 22.1 Å². The van der Waals surface area contributed by atoms with Crippen molar-refractivity contribution < 1.29 is 0 Å². The number of hydrogen-bond acceptors (Lipinski definition) is 3. The fourth-order valence-corrected chi connectivity index (χ4v) is 2.24. The highest BCUT2D eigenvalue weighted by Crippen LogP contribution is 2.40. The average Bonchev–Trinajstić information content (AvgIpc) is 3.07. The summed E-state index contributed by atoms with van der Waals surface area (Å²) in [6.45, 7) is 2.79. The molecule has 1 N–H and O–H groups in total. The van der Waals surface area contributed by atoms with Crippen molar-refractivity contribution in [2.45, 2.75) is 38.3 Å². The molecule has 0 aliphatic heterocycles. The molecule has 1 fully saturated rings. The van der Waals surface area contributed by atoms with Crippen LogP contribution in [0.25, 0.3) is 0 Å². The predicted octanol–water partition coefficient (Wildman–Crippen LogP) is 1.34. The van der Waals surface area contributed by atoms with Gasteiger partial charge in [-0.15, -0.1) is 0 Å². The number of nitrogens with one attached hydrogen (secondary N) is 1. The lowest BCUT2D eigenvalue weighted by atomic mass is 9.95. The molecule has 0 amide bonds. The van der Waals surface area contributed by atoms with Crippen LogP contribution in [0.4, 0.5) is 0 Å². The summed E-state index contributed by atoms with van der Waals surface area (Å²) in [4.78, 5) is 4.29. The highest BCUT2D eigenvalue weighted by Gasteiger charge is 2.45. The first-order valence-electron chi connectivity index (χ1n) is 5.86. The van der Waals surface area contributed by atoms with Crippen LogP contribution in [0.3, 0.4) is 0 Å². The summed E-state index contributed by atoms with van der Waals surface area (Å²) in [5.41, 5.74) is -0.412. The molecule has 0 radical (unpaired) electrons. The van der Waals surface area contributed by atoms with E-state index in [9.17, 15) is 5.26 Å². The molecule has 0 spiro atoms. The molecule has 0 saturated heterocycles. The molecule has 4 heteroatoms. The topological polar surface area (TPSA) is 53.6 Å². The minimum atomic E-state index is -0.412. The maximum Gasteiger partial charge on any atom is 0.127 e. The Labute approximate surface area is 96.3 Å². The lowest BCUT2D eigenvalue weighted by Gasteiger charge is -2.27. The van der Waals surface area contributed by atoms with Gasteiger partial charge in [-0.3, -0.25) is 0 Å². The third kappa shape index (κ3) is 1.83. The molecule has 1 unspecified atom stereocenters. The molecule has 4 nitrogen and oxygen atoms in total. The van der Waals surface area contributed by atoms with Gasteiger partial charge >= 0.3 is 0 Å². The van der Waals surface area contributed by atoms with Gasteiger partial charge in [0.15, 0.2) is 0 Å². The van der Waals surface area contributed by atoms with Crippen molar-refractivity contribution in [1.82, 2.24) is 14.9 Å². The van der Waals surface area contributed by atoms with Crippen LogP contribution in [0.1, 0.15) is 25.6 Å². The first kappa shape index (κ1) is 11.2. The van der Waals surface area contributed by atoms with Crippen LogP contribution in [0.15, 0.2) is 12.4 Å². The predicted molar refractivity (Wildman–Crippen MR) is 61.7 cm³/mol. The molecule has 0 bridgehead atoms. The van der Waals surface area contributed by atoms with E-state index in [-0.39, 0.29) is 0 Å². The number of aromatic nitrogens is 2. The Bertz CT molecular complexity index is 399. The normalized spacial score (nSPS) is 19.1. The van der Waals surface area contributed by atoms with Crippen molar-refractivity contribution in [3.63, 3.8) is 0 Å². The summed E-state index contributed by atoms with van der Waals surface area (Å²) in [5, 5.41) is 12.6. The zero-order valence-electron chi connectivity index (χ0n) is 9.90. The van der Waals surface area contributed by atoms with Crippen molar-refractivity contribution >= 4 is 0 Å². The molecule has 1 aromatic heterocycles. The van der Waals surface area contributed by atoms with Gasteiger partial charge in [0.2, 0.25) is 0 Å². The molecule has 1 heterocycles. The third-order valence-electron chi connectivity index (χ3n) is 3.46. The van der Waals surface area contributed by atoms with Crippen molar-refractivity contribution in [2.24, 2.45) is 5.92 Å². The van der Waals surface area contributed by atoms with Crippen LogP contribution in [0.2, 0.25) is 0 Å². The Morgan fingerprint density at radius 1 is 1.69 bits per heavy atom. The Kier molecular flexibility index (Phi) is 2.97. The van der Waals surface area contributed by atoms with Gasteiger partial charge in [-0.25, -0.2) is 4.98 Å². The van der Waals surface area contributed by atoms with Crippen molar-refractivity contribution in [2.75, 3.05) is 7.05 Å². The molecule has 1 aliphatic rings. The van der Waals surface area contributed by atoms with Gasteiger partial charge in [-0.1, -0.05) is 6.92 Å². The van der Waals surface area contributed by atoms with Gasteiger partial charge in [-0.05, 0) is 25.8 Å². The highest BCUT2D eigenvalue weighted by atomic mass is 15.1. The number of imidazole rings is 1. The SMILES string of the molecule is CCc1nccn1CC(C#N)(NC)C1CC1. The van der Waals surface area contributed by atoms with Gasteiger partial charge < -0.3 is 9.88 Å². The Morgan fingerprint density at radius 3 is 2.94 bits per heavy atom. The minimum Gasteiger partial charge on any atom is -0.332 e. The summed E-state index contributed by atoms with van der Waals surface area (Å²) in [6, 6.07) is 2.46. The van der Waals surface area contributed by atoms with Gasteiger partial charge in [0.25, 0.3) is 0 Å². The van der Waals surface area contributed by atoms with E-state index in [1.807, 2.05) is 19.4 Å². The Hall–Kier alpha value is -1.34. The van der Waals surface area contributed by atoms with E-state index < -0.39 is 5.54 Å². The second-order valence-electron chi connectivity index (χ2n) is 4.43. The Morgan fingerprint density at radius 2 is 2.44 bits per heavy atom. The molecule has 1 atom stereocenters. The molecule has 86 valence electrons. The zero-order chi connectivity index (χ0) is 11.6. The van der Waals surface area contributed by atoms with E-state index >= 15 is 0 Å². The third-order valence-corrected chi connectivity index (χ3v) is 3.46. The molecule has 1 saturated carbocycles. The molecule has 1 aromatic rings. The summed E-state index contributed by atoms with van der Waals surface area (Å²) in [7, 11) is 1.88. The van der Waals surface area contributed by atoms with Crippen molar-refractivity contribution in [3.05, 3.63) is 18.2 Å².